The normalized spacial score (nSPS) is 18.9. The Morgan fingerprint density at radius 2 is 2.20 bits per heavy atom. The lowest BCUT2D eigenvalue weighted by molar-refractivity contribution is -0.138. The number of carbonyl (C=O) groups excluding carboxylic acids is 1. The maximum atomic E-state index is 12.5. The van der Waals surface area contributed by atoms with Gasteiger partial charge in [0.05, 0.1) is 18.0 Å². The van der Waals surface area contributed by atoms with Crippen LogP contribution in [0.1, 0.15) is 16.8 Å². The Morgan fingerprint density at radius 3 is 2.90 bits per heavy atom. The van der Waals surface area contributed by atoms with Crippen molar-refractivity contribution >= 4 is 46.2 Å². The fraction of sp³-hybridized carbons (Fsp3) is 0.385. The predicted octanol–water partition coefficient (Wildman–Crippen LogP) is 2.03. The predicted molar refractivity (Wildman–Crippen MR) is 85.2 cm³/mol. The number of aliphatic carboxylic acids is 1. The van der Waals surface area contributed by atoms with Crippen molar-refractivity contribution in [3.8, 4) is 5.75 Å². The molecule has 0 aliphatic carbocycles. The van der Waals surface area contributed by atoms with Crippen LogP contribution in [0.3, 0.4) is 0 Å². The third-order valence-corrected chi connectivity index (χ3v) is 4.85. The summed E-state index contributed by atoms with van der Waals surface area (Å²) in [4.78, 5) is 25.0. The van der Waals surface area contributed by atoms with Gasteiger partial charge in [-0.05, 0) is 40.8 Å². The molecule has 5 nitrogen and oxygen atoms in total. The maximum Gasteiger partial charge on any atom is 0.305 e. The van der Waals surface area contributed by atoms with Gasteiger partial charge in [0.1, 0.15) is 5.75 Å². The second-order valence-electron chi connectivity index (χ2n) is 4.49. The minimum atomic E-state index is -0.915. The molecule has 0 radical (unpaired) electrons. The molecule has 108 valence electrons. The zero-order valence-corrected chi connectivity index (χ0v) is 13.6. The Balaban J connectivity index is 2.25. The van der Waals surface area contributed by atoms with Crippen LogP contribution in [0.2, 0.25) is 0 Å². The molecular weight excluding hydrogens is 393 g/mol. The molecule has 1 aliphatic rings. The van der Waals surface area contributed by atoms with Gasteiger partial charge in [0.25, 0.3) is 5.91 Å². The summed E-state index contributed by atoms with van der Waals surface area (Å²) >= 11 is 3.72. The van der Waals surface area contributed by atoms with Gasteiger partial charge < -0.3 is 15.1 Å². The van der Waals surface area contributed by atoms with E-state index in [-0.39, 0.29) is 29.7 Å². The van der Waals surface area contributed by atoms with Crippen molar-refractivity contribution in [2.45, 2.75) is 12.5 Å². The van der Waals surface area contributed by atoms with Gasteiger partial charge in [-0.25, -0.2) is 0 Å². The van der Waals surface area contributed by atoms with E-state index in [1.165, 1.54) is 6.07 Å². The maximum absolute atomic E-state index is 12.5. The molecule has 0 saturated carbocycles. The van der Waals surface area contributed by atoms with Gasteiger partial charge in [-0.15, -0.1) is 0 Å². The number of rotatable bonds is 3. The van der Waals surface area contributed by atoms with Crippen molar-refractivity contribution in [3.63, 3.8) is 0 Å². The van der Waals surface area contributed by atoms with Crippen LogP contribution in [0.4, 0.5) is 0 Å². The number of phenolic OH excluding ortho intramolecular Hbond substituents is 1. The highest BCUT2D eigenvalue weighted by atomic mass is 127. The summed E-state index contributed by atoms with van der Waals surface area (Å²) < 4.78 is 0.852. The molecule has 0 spiro atoms. The average Bonchev–Trinajstić information content (AvgIpc) is 2.41. The third-order valence-electron chi connectivity index (χ3n) is 3.09. The Morgan fingerprint density at radius 1 is 1.45 bits per heavy atom. The highest BCUT2D eigenvalue weighted by molar-refractivity contribution is 14.1. The van der Waals surface area contributed by atoms with Crippen LogP contribution in [-0.2, 0) is 4.79 Å². The number of hydrogen-bond acceptors (Lipinski definition) is 4. The van der Waals surface area contributed by atoms with Gasteiger partial charge in [-0.1, -0.05) is 0 Å². The summed E-state index contributed by atoms with van der Waals surface area (Å²) in [6, 6.07) is 4.50. The molecule has 1 aliphatic heterocycles. The average molecular weight is 407 g/mol. The van der Waals surface area contributed by atoms with E-state index in [0.717, 1.165) is 9.32 Å². The number of aromatic hydroxyl groups is 1. The van der Waals surface area contributed by atoms with Crippen molar-refractivity contribution in [3.05, 3.63) is 27.3 Å². The molecule has 1 amide bonds. The fourth-order valence-electron chi connectivity index (χ4n) is 2.13. The van der Waals surface area contributed by atoms with Crippen LogP contribution in [0.5, 0.6) is 5.75 Å². The molecule has 0 bridgehead atoms. The first kappa shape index (κ1) is 15.4. The van der Waals surface area contributed by atoms with Gasteiger partial charge in [-0.3, -0.25) is 9.59 Å². The van der Waals surface area contributed by atoms with Crippen molar-refractivity contribution < 1.29 is 19.8 Å². The largest absolute Gasteiger partial charge is 0.507 e. The molecule has 7 heteroatoms. The van der Waals surface area contributed by atoms with Crippen molar-refractivity contribution in [2.24, 2.45) is 0 Å². The van der Waals surface area contributed by atoms with E-state index in [2.05, 4.69) is 22.6 Å². The van der Waals surface area contributed by atoms with Crippen molar-refractivity contribution in [2.75, 3.05) is 18.1 Å². The Hall–Kier alpha value is -0.960. The Bertz CT molecular complexity index is 537. The van der Waals surface area contributed by atoms with Gasteiger partial charge >= 0.3 is 5.97 Å². The van der Waals surface area contributed by atoms with E-state index < -0.39 is 5.97 Å². The fourth-order valence-corrected chi connectivity index (χ4v) is 3.68. The topological polar surface area (TPSA) is 77.8 Å². The van der Waals surface area contributed by atoms with E-state index in [1.54, 1.807) is 28.8 Å². The number of carbonyl (C=O) groups is 2. The smallest absolute Gasteiger partial charge is 0.305 e. The number of benzene rings is 1. The second kappa shape index (κ2) is 6.66. The highest BCUT2D eigenvalue weighted by Gasteiger charge is 2.30. The standard InChI is InChI=1S/C13H14INO4S/c14-8-1-2-11(16)10(5-8)13(19)15-3-4-20-7-9(15)6-12(17)18/h1-2,5,9,16H,3-4,6-7H2,(H,17,18). The number of carboxylic acid groups (broad SMARTS) is 1. The van der Waals surface area contributed by atoms with Gasteiger partial charge in [0.2, 0.25) is 0 Å². The Labute approximate surface area is 134 Å². The van der Waals surface area contributed by atoms with Crippen LogP contribution in [-0.4, -0.2) is 51.1 Å². The lowest BCUT2D eigenvalue weighted by Gasteiger charge is -2.34. The second-order valence-corrected chi connectivity index (χ2v) is 6.88. The Kier molecular flexibility index (Phi) is 5.14. The van der Waals surface area contributed by atoms with Crippen LogP contribution in [0.25, 0.3) is 0 Å². The molecule has 2 N–H and O–H groups in total. The molecular formula is C13H14INO4S. The molecule has 1 saturated heterocycles. The highest BCUT2D eigenvalue weighted by Crippen LogP contribution is 2.26. The van der Waals surface area contributed by atoms with Gasteiger partial charge in [-0.2, -0.15) is 11.8 Å². The summed E-state index contributed by atoms with van der Waals surface area (Å²) in [6.45, 7) is 0.506. The summed E-state index contributed by atoms with van der Waals surface area (Å²) in [5.41, 5.74) is 0.235. The summed E-state index contributed by atoms with van der Waals surface area (Å²) in [5.74, 6) is 0.118. The van der Waals surface area contributed by atoms with E-state index >= 15 is 0 Å². The minimum Gasteiger partial charge on any atom is -0.507 e. The van der Waals surface area contributed by atoms with Crippen LogP contribution < -0.4 is 0 Å². The molecule has 0 aromatic heterocycles. The lowest BCUT2D eigenvalue weighted by Crippen LogP contribution is -2.47. The molecule has 1 atom stereocenters. The number of thioether (sulfide) groups is 1. The molecule has 20 heavy (non-hydrogen) atoms. The number of halogens is 1. The number of hydrogen-bond donors (Lipinski definition) is 2. The van der Waals surface area contributed by atoms with E-state index in [1.807, 2.05) is 0 Å². The zero-order chi connectivity index (χ0) is 14.7. The van der Waals surface area contributed by atoms with Gasteiger partial charge in [0, 0.05) is 21.6 Å². The number of amides is 1. The molecule has 1 heterocycles. The summed E-state index contributed by atoms with van der Waals surface area (Å²) in [7, 11) is 0. The van der Waals surface area contributed by atoms with Crippen LogP contribution >= 0.6 is 34.4 Å². The first-order valence-corrected chi connectivity index (χ1v) is 8.31. The SMILES string of the molecule is O=C(O)CC1CSCCN1C(=O)c1cc(I)ccc1O. The molecule has 1 aromatic carbocycles. The van der Waals surface area contributed by atoms with E-state index in [0.29, 0.717) is 12.3 Å². The van der Waals surface area contributed by atoms with Crippen LogP contribution in [0, 0.1) is 3.57 Å². The number of nitrogens with zero attached hydrogens (tertiary/aromatic N) is 1. The zero-order valence-electron chi connectivity index (χ0n) is 10.6. The summed E-state index contributed by atoms with van der Waals surface area (Å²) in [6.07, 6.45) is -0.0660. The third kappa shape index (κ3) is 3.57. The summed E-state index contributed by atoms with van der Waals surface area (Å²) in [5, 5.41) is 18.8. The van der Waals surface area contributed by atoms with Crippen molar-refractivity contribution in [1.82, 2.24) is 4.90 Å². The molecule has 1 fully saturated rings. The molecule has 1 aromatic rings. The minimum absolute atomic E-state index is 0.0660. The first-order chi connectivity index (χ1) is 9.49. The van der Waals surface area contributed by atoms with Gasteiger partial charge in [0.15, 0.2) is 0 Å². The van der Waals surface area contributed by atoms with Crippen LogP contribution in [0.15, 0.2) is 18.2 Å². The number of carboxylic acids is 1. The van der Waals surface area contributed by atoms with E-state index in [4.69, 9.17) is 5.11 Å². The van der Waals surface area contributed by atoms with E-state index in [9.17, 15) is 14.7 Å². The first-order valence-electron chi connectivity index (χ1n) is 6.08. The number of phenols is 1. The van der Waals surface area contributed by atoms with Crippen molar-refractivity contribution in [1.29, 1.82) is 0 Å². The molecule has 2 rings (SSSR count). The molecule has 1 unspecified atom stereocenters. The monoisotopic (exact) mass is 407 g/mol. The quantitative estimate of drug-likeness (QED) is 0.750. The lowest BCUT2D eigenvalue weighted by atomic mass is 10.1.